The van der Waals surface area contributed by atoms with Gasteiger partial charge in [0.1, 0.15) is 36.0 Å². The molecule has 2 aromatic carbocycles. The molecule has 0 spiro atoms. The Kier molecular flexibility index (Phi) is 14.3. The predicted octanol–water partition coefficient (Wildman–Crippen LogP) is 10.4. The number of fused-ring (bicyclic) bond motifs is 2. The van der Waals surface area contributed by atoms with Gasteiger partial charge in [-0.15, -0.1) is 0 Å². The Hall–Kier alpha value is -1.14. The van der Waals surface area contributed by atoms with Gasteiger partial charge in [0.2, 0.25) is 8.32 Å². The lowest BCUT2D eigenvalue weighted by molar-refractivity contribution is -0.394. The van der Waals surface area contributed by atoms with Crippen molar-refractivity contribution in [3.63, 3.8) is 0 Å². The van der Waals surface area contributed by atoms with Crippen LogP contribution < -0.4 is 0 Å². The number of aliphatic hydroxyl groups excluding tert-OH is 1. The molecule has 6 rings (SSSR count). The molecule has 0 amide bonds. The summed E-state index contributed by atoms with van der Waals surface area (Å²) < 4.78 is 57.6. The lowest BCUT2D eigenvalue weighted by Crippen LogP contribution is -2.76. The zero-order valence-corrected chi connectivity index (χ0v) is 40.5. The fourth-order valence-corrected chi connectivity index (χ4v) is 22.5. The summed E-state index contributed by atoms with van der Waals surface area (Å²) in [6.45, 7) is 32.1. The molecule has 0 radical (unpaired) electrons. The summed E-state index contributed by atoms with van der Waals surface area (Å²) in [6, 6.07) is 20.5. The van der Waals surface area contributed by atoms with Crippen molar-refractivity contribution in [3.8, 4) is 0 Å². The second-order valence-corrected chi connectivity index (χ2v) is 31.8. The summed E-state index contributed by atoms with van der Waals surface area (Å²) >= 11 is 1.63. The van der Waals surface area contributed by atoms with Crippen LogP contribution >= 0.6 is 11.8 Å². The van der Waals surface area contributed by atoms with Gasteiger partial charge in [-0.05, 0) is 54.6 Å². The summed E-state index contributed by atoms with van der Waals surface area (Å²) in [4.78, 5) is 1.08. The second-order valence-electron chi connectivity index (χ2n) is 20.5. The first-order valence-corrected chi connectivity index (χ1v) is 26.6. The summed E-state index contributed by atoms with van der Waals surface area (Å²) in [6.07, 6.45) is -3.05. The molecule has 0 bridgehead atoms. The predicted molar refractivity (Wildman–Crippen MR) is 236 cm³/mol. The van der Waals surface area contributed by atoms with Gasteiger partial charge in [-0.25, -0.2) is 0 Å². The first-order chi connectivity index (χ1) is 27.1. The van der Waals surface area contributed by atoms with E-state index < -0.39 is 65.4 Å². The van der Waals surface area contributed by atoms with Crippen molar-refractivity contribution in [2.75, 3.05) is 13.2 Å². The minimum atomic E-state index is -2.94. The number of rotatable bonds is 12. The highest BCUT2D eigenvalue weighted by atomic mass is 32.2. The monoisotopic (exact) mass is 858 g/mol. The van der Waals surface area contributed by atoms with Crippen LogP contribution in [0.3, 0.4) is 0 Å². The van der Waals surface area contributed by atoms with E-state index in [-0.39, 0.29) is 34.1 Å². The molecule has 0 aromatic heterocycles. The van der Waals surface area contributed by atoms with Crippen LogP contribution in [-0.2, 0) is 43.6 Å². The van der Waals surface area contributed by atoms with Crippen LogP contribution in [-0.4, -0.2) is 95.3 Å². The minimum absolute atomic E-state index is 0.173. The van der Waals surface area contributed by atoms with Gasteiger partial charge in [-0.3, -0.25) is 0 Å². The summed E-state index contributed by atoms with van der Waals surface area (Å²) in [5.74, 6) is -1.28. The van der Waals surface area contributed by atoms with Gasteiger partial charge in [-0.1, -0.05) is 143 Å². The highest BCUT2D eigenvalue weighted by molar-refractivity contribution is 7.99. The summed E-state index contributed by atoms with van der Waals surface area (Å²) in [5.41, 5.74) is 1.77. The third-order valence-electron chi connectivity index (χ3n) is 13.1. The zero-order chi connectivity index (χ0) is 42.4. The number of ether oxygens (including phenoxy) is 5. The van der Waals surface area contributed by atoms with Gasteiger partial charge in [-0.2, -0.15) is 0 Å². The van der Waals surface area contributed by atoms with E-state index in [4.69, 9.17) is 37.0 Å². The van der Waals surface area contributed by atoms with Crippen molar-refractivity contribution in [2.45, 2.75) is 202 Å². The number of benzene rings is 2. The Morgan fingerprint density at radius 2 is 1.36 bits per heavy atom. The summed E-state index contributed by atoms with van der Waals surface area (Å²) in [5, 5.41) is 10.7. The lowest BCUT2D eigenvalue weighted by Gasteiger charge is -2.62. The van der Waals surface area contributed by atoms with Gasteiger partial charge in [0.05, 0.1) is 38.1 Å². The smallest absolute Gasteiger partial charge is 0.349 e. The lowest BCUT2D eigenvalue weighted by atomic mass is 9.80. The van der Waals surface area contributed by atoms with E-state index in [2.05, 4.69) is 107 Å². The molecule has 58 heavy (non-hydrogen) atoms. The number of hydrogen-bond acceptors (Lipinski definition) is 10. The van der Waals surface area contributed by atoms with Crippen LogP contribution in [0.1, 0.15) is 109 Å². The van der Waals surface area contributed by atoms with Crippen LogP contribution in [0.2, 0.25) is 26.7 Å². The molecule has 326 valence electrons. The minimum Gasteiger partial charge on any atom is -0.408 e. The van der Waals surface area contributed by atoms with Crippen molar-refractivity contribution in [1.29, 1.82) is 0 Å². The number of thioether (sulfide) groups is 1. The van der Waals surface area contributed by atoms with E-state index in [1.807, 2.05) is 50.2 Å². The van der Waals surface area contributed by atoms with E-state index in [1.165, 1.54) is 0 Å². The Balaban J connectivity index is 1.41. The largest absolute Gasteiger partial charge is 0.408 e. The van der Waals surface area contributed by atoms with Crippen LogP contribution in [0, 0.1) is 5.92 Å². The van der Waals surface area contributed by atoms with Crippen molar-refractivity contribution < 1.29 is 42.1 Å². The fourth-order valence-electron chi connectivity index (χ4n) is 10.9. The van der Waals surface area contributed by atoms with Crippen LogP contribution in [0.25, 0.3) is 0 Å². The molecule has 0 aliphatic carbocycles. The quantitative estimate of drug-likeness (QED) is 0.208. The molecular formula is C46H74O9SSi2. The van der Waals surface area contributed by atoms with Gasteiger partial charge in [0.25, 0.3) is 0 Å². The van der Waals surface area contributed by atoms with Gasteiger partial charge >= 0.3 is 8.56 Å². The zero-order valence-electron chi connectivity index (χ0n) is 37.7. The normalized spacial score (nSPS) is 32.9. The number of aliphatic hydroxyl groups is 1. The van der Waals surface area contributed by atoms with Gasteiger partial charge in [0.15, 0.2) is 5.79 Å². The van der Waals surface area contributed by atoms with Crippen molar-refractivity contribution in [1.82, 2.24) is 0 Å². The Bertz CT molecular complexity index is 1580. The van der Waals surface area contributed by atoms with Crippen LogP contribution in [0.4, 0.5) is 0 Å². The molecule has 4 heterocycles. The molecule has 1 N–H and O–H groups in total. The molecule has 0 saturated carbocycles. The molecule has 4 fully saturated rings. The van der Waals surface area contributed by atoms with E-state index in [0.29, 0.717) is 36.3 Å². The van der Waals surface area contributed by atoms with E-state index >= 15 is 0 Å². The molecule has 4 aliphatic rings. The maximum Gasteiger partial charge on any atom is 0.349 e. The second kappa shape index (κ2) is 17.9. The topological polar surface area (TPSA) is 94.1 Å². The first kappa shape index (κ1) is 46.4. The Morgan fingerprint density at radius 3 is 1.91 bits per heavy atom. The fraction of sp³-hybridized carbons (Fsp3) is 0.739. The van der Waals surface area contributed by atoms with Gasteiger partial charge in [0, 0.05) is 20.9 Å². The SMILES string of the molecule is CC(C)[Si](O[C@@H]1[C@H]2OC(C)(C)O[C@@H]([C@H]3C[C@@H](OCc4ccccc4)[C@@H](Sc4ccccc4)O[C@@H]3CO)[C@@H]2O[C@@H]2CO[Si](C(C)(C)C)(C(C)(C)C)O[C@@H]12)(C(C)C)C(C)C. The first-order valence-electron chi connectivity index (χ1n) is 21.8. The van der Waals surface area contributed by atoms with Crippen molar-refractivity contribution >= 4 is 28.6 Å². The third kappa shape index (κ3) is 9.15. The molecule has 0 unspecified atom stereocenters. The highest BCUT2D eigenvalue weighted by Gasteiger charge is 2.68. The standard InChI is InChI=1S/C46H74O9SSi2/c1-29(2)57(30(3)4,31(5)6)54-42-39-37(28-49-58(55-39,44(7,8)9)45(10,11)12)50-40-38(52-46(13,14)53-41(40)42)34-25-35(48-27-32-21-17-15-18-22-32)43(51-36(34)26-47)56-33-23-19-16-20-24-33/h15-24,29-31,34-43,47H,25-28H2,1-14H3/t34-,35+,36+,37+,38-,39+,40-,41-,42-,43+/m0/s1. The average Bonchev–Trinajstić information content (AvgIpc) is 3.14. The molecule has 4 aliphatic heterocycles. The molecule has 10 atom stereocenters. The maximum atomic E-state index is 11.1. The molecule has 4 saturated heterocycles. The van der Waals surface area contributed by atoms with Gasteiger partial charge < -0.3 is 42.1 Å². The molecular weight excluding hydrogens is 785 g/mol. The van der Waals surface area contributed by atoms with Crippen LogP contribution in [0.15, 0.2) is 65.6 Å². The van der Waals surface area contributed by atoms with E-state index in [1.54, 1.807) is 11.8 Å². The molecule has 9 nitrogen and oxygen atoms in total. The van der Waals surface area contributed by atoms with Crippen LogP contribution in [0.5, 0.6) is 0 Å². The summed E-state index contributed by atoms with van der Waals surface area (Å²) in [7, 11) is -5.44. The number of hydrogen-bond donors (Lipinski definition) is 1. The average molecular weight is 859 g/mol. The molecule has 2 aromatic rings. The highest BCUT2D eigenvalue weighted by Crippen LogP contribution is 2.57. The van der Waals surface area contributed by atoms with Crippen molar-refractivity contribution in [2.24, 2.45) is 5.92 Å². The maximum absolute atomic E-state index is 11.1. The third-order valence-corrected chi connectivity index (χ3v) is 25.5. The molecule has 12 heteroatoms. The Labute approximate surface area is 356 Å². The van der Waals surface area contributed by atoms with E-state index in [9.17, 15) is 5.11 Å². The van der Waals surface area contributed by atoms with E-state index in [0.717, 1.165) is 10.5 Å². The van der Waals surface area contributed by atoms with Crippen molar-refractivity contribution in [3.05, 3.63) is 66.2 Å². The Morgan fingerprint density at radius 1 is 0.793 bits per heavy atom.